The van der Waals surface area contributed by atoms with Crippen LogP contribution in [0.2, 0.25) is 0 Å². The van der Waals surface area contributed by atoms with E-state index in [0.29, 0.717) is 18.5 Å². The standard InChI is InChI=1S/C44H32F5N/c1-43-22-9-10-23-44(43,2)50(42-40(48)38(46)37(45)39(47)41(42)49)34-21-20-26(24-33(34)43)35-29-15-5-7-17-31(29)36(32-18-8-6-16-30(32)35)28-19-11-13-25-12-3-4-14-27(25)28/h3-8,11-21,24H,9-10,22-23H2,1-2H3. The van der Waals surface area contributed by atoms with Crippen LogP contribution >= 0.6 is 0 Å². The van der Waals surface area contributed by atoms with E-state index in [1.807, 2.05) is 31.2 Å². The van der Waals surface area contributed by atoms with Crippen molar-refractivity contribution in [3.05, 3.63) is 144 Å². The van der Waals surface area contributed by atoms with Crippen LogP contribution in [-0.4, -0.2) is 5.54 Å². The number of anilines is 2. The average Bonchev–Trinajstić information content (AvgIpc) is 3.34. The van der Waals surface area contributed by atoms with Gasteiger partial charge in [-0.15, -0.1) is 0 Å². The van der Waals surface area contributed by atoms with E-state index in [1.165, 1.54) is 4.90 Å². The van der Waals surface area contributed by atoms with Crippen molar-refractivity contribution in [3.8, 4) is 22.3 Å². The molecule has 248 valence electrons. The Hall–Kier alpha value is -5.23. The first kappa shape index (κ1) is 30.8. The Balaban J connectivity index is 1.34. The summed E-state index contributed by atoms with van der Waals surface area (Å²) < 4.78 is 74.9. The van der Waals surface area contributed by atoms with Gasteiger partial charge in [0.15, 0.2) is 23.3 Å². The van der Waals surface area contributed by atoms with Crippen molar-refractivity contribution < 1.29 is 22.0 Å². The van der Waals surface area contributed by atoms with Crippen LogP contribution in [0.5, 0.6) is 0 Å². The molecule has 0 spiro atoms. The fourth-order valence-electron chi connectivity index (χ4n) is 9.20. The molecule has 1 heterocycles. The molecule has 1 saturated carbocycles. The molecule has 1 aliphatic carbocycles. The van der Waals surface area contributed by atoms with Crippen molar-refractivity contribution in [2.24, 2.45) is 0 Å². The van der Waals surface area contributed by atoms with Gasteiger partial charge in [-0.05, 0) is 92.0 Å². The third kappa shape index (κ3) is 3.99. The van der Waals surface area contributed by atoms with Crippen molar-refractivity contribution >= 4 is 43.7 Å². The molecule has 2 atom stereocenters. The Morgan fingerprint density at radius 3 is 1.68 bits per heavy atom. The fraction of sp³-hybridized carbons (Fsp3) is 0.182. The summed E-state index contributed by atoms with van der Waals surface area (Å²) in [6.07, 6.45) is 2.88. The van der Waals surface area contributed by atoms with Crippen LogP contribution in [0.3, 0.4) is 0 Å². The van der Waals surface area contributed by atoms with Crippen LogP contribution in [0.4, 0.5) is 33.3 Å². The number of benzene rings is 7. The third-order valence-electron chi connectivity index (χ3n) is 11.8. The van der Waals surface area contributed by atoms with Gasteiger partial charge in [0.05, 0.1) is 5.54 Å². The lowest BCUT2D eigenvalue weighted by Crippen LogP contribution is -2.55. The first-order valence-electron chi connectivity index (χ1n) is 17.0. The lowest BCUT2D eigenvalue weighted by molar-refractivity contribution is 0.192. The number of nitrogens with zero attached hydrogens (tertiary/aromatic N) is 1. The number of fused-ring (bicyclic) bond motifs is 6. The zero-order chi connectivity index (χ0) is 34.5. The summed E-state index contributed by atoms with van der Waals surface area (Å²) in [4.78, 5) is 1.40. The molecular formula is C44H32F5N. The Morgan fingerprint density at radius 2 is 1.04 bits per heavy atom. The van der Waals surface area contributed by atoms with E-state index in [4.69, 9.17) is 0 Å². The molecule has 7 aromatic rings. The molecule has 1 aliphatic heterocycles. The Labute approximate surface area is 286 Å². The maximum absolute atomic E-state index is 15.6. The Morgan fingerprint density at radius 1 is 0.520 bits per heavy atom. The van der Waals surface area contributed by atoms with Gasteiger partial charge in [0.2, 0.25) is 5.82 Å². The SMILES string of the molecule is CC12CCCCC1(C)N(c1c(F)c(F)c(F)c(F)c1F)c1ccc(-c3c4ccccc4c(-c4cccc5ccccc45)c4ccccc34)cc12. The van der Waals surface area contributed by atoms with E-state index in [9.17, 15) is 13.2 Å². The van der Waals surface area contributed by atoms with Gasteiger partial charge in [-0.2, -0.15) is 0 Å². The van der Waals surface area contributed by atoms with Crippen molar-refractivity contribution in [2.45, 2.75) is 50.5 Å². The molecule has 0 saturated heterocycles. The Kier molecular flexibility index (Phi) is 6.70. The summed E-state index contributed by atoms with van der Waals surface area (Å²) in [6, 6.07) is 37.3. The Bertz CT molecular complexity index is 2470. The molecule has 1 nitrogen and oxygen atoms in total. The van der Waals surface area contributed by atoms with E-state index in [0.717, 1.165) is 73.0 Å². The molecule has 0 N–H and O–H groups in total. The number of hydrogen-bond acceptors (Lipinski definition) is 1. The fourth-order valence-corrected chi connectivity index (χ4v) is 9.20. The van der Waals surface area contributed by atoms with Crippen LogP contribution in [0.1, 0.15) is 45.1 Å². The molecule has 1 fully saturated rings. The first-order chi connectivity index (χ1) is 24.2. The predicted octanol–water partition coefficient (Wildman–Crippen LogP) is 12.9. The molecule has 0 bridgehead atoms. The zero-order valence-corrected chi connectivity index (χ0v) is 27.6. The van der Waals surface area contributed by atoms with E-state index in [2.05, 4.69) is 85.8 Å². The molecule has 0 radical (unpaired) electrons. The molecule has 6 heteroatoms. The van der Waals surface area contributed by atoms with Gasteiger partial charge in [0.1, 0.15) is 5.69 Å². The van der Waals surface area contributed by atoms with Crippen molar-refractivity contribution in [3.63, 3.8) is 0 Å². The molecule has 7 aromatic carbocycles. The quantitative estimate of drug-likeness (QED) is 0.0783. The summed E-state index contributed by atoms with van der Waals surface area (Å²) in [5, 5.41) is 6.61. The third-order valence-corrected chi connectivity index (χ3v) is 11.8. The second-order valence-electron chi connectivity index (χ2n) is 14.2. The summed E-state index contributed by atoms with van der Waals surface area (Å²) in [7, 11) is 0. The van der Waals surface area contributed by atoms with Crippen molar-refractivity contribution in [2.75, 3.05) is 4.90 Å². The normalized spacial score (nSPS) is 20.1. The zero-order valence-electron chi connectivity index (χ0n) is 27.6. The summed E-state index contributed by atoms with van der Waals surface area (Å²) in [5.74, 6) is -9.65. The molecule has 0 amide bonds. The summed E-state index contributed by atoms with van der Waals surface area (Å²) >= 11 is 0. The molecule has 2 aliphatic rings. The van der Waals surface area contributed by atoms with Gasteiger partial charge in [0, 0.05) is 11.1 Å². The van der Waals surface area contributed by atoms with Crippen LogP contribution in [0.25, 0.3) is 54.6 Å². The van der Waals surface area contributed by atoms with Gasteiger partial charge in [-0.3, -0.25) is 0 Å². The maximum Gasteiger partial charge on any atom is 0.200 e. The highest BCUT2D eigenvalue weighted by atomic mass is 19.2. The monoisotopic (exact) mass is 669 g/mol. The number of hydrogen-bond donors (Lipinski definition) is 0. The van der Waals surface area contributed by atoms with Gasteiger partial charge < -0.3 is 4.90 Å². The van der Waals surface area contributed by atoms with Crippen molar-refractivity contribution in [1.82, 2.24) is 0 Å². The van der Waals surface area contributed by atoms with E-state index in [1.54, 1.807) is 6.07 Å². The number of halogens is 5. The average molecular weight is 670 g/mol. The lowest BCUT2D eigenvalue weighted by atomic mass is 9.61. The van der Waals surface area contributed by atoms with Gasteiger partial charge in [-0.25, -0.2) is 22.0 Å². The highest BCUT2D eigenvalue weighted by Crippen LogP contribution is 2.62. The maximum atomic E-state index is 15.6. The lowest BCUT2D eigenvalue weighted by Gasteiger charge is -2.50. The van der Waals surface area contributed by atoms with E-state index < -0.39 is 45.7 Å². The molecule has 2 unspecified atom stereocenters. The second kappa shape index (κ2) is 10.9. The summed E-state index contributed by atoms with van der Waals surface area (Å²) in [5.41, 5.74) is 3.07. The summed E-state index contributed by atoms with van der Waals surface area (Å²) in [6.45, 7) is 3.97. The van der Waals surface area contributed by atoms with E-state index >= 15 is 8.78 Å². The van der Waals surface area contributed by atoms with Crippen LogP contribution in [0, 0.1) is 29.1 Å². The molecule has 50 heavy (non-hydrogen) atoms. The molecular weight excluding hydrogens is 637 g/mol. The topological polar surface area (TPSA) is 3.24 Å². The minimum Gasteiger partial charge on any atom is -0.329 e. The highest BCUT2D eigenvalue weighted by Gasteiger charge is 2.59. The smallest absolute Gasteiger partial charge is 0.200 e. The molecule has 9 rings (SSSR count). The predicted molar refractivity (Wildman–Crippen MR) is 192 cm³/mol. The minimum atomic E-state index is -2.15. The molecule has 0 aromatic heterocycles. The highest BCUT2D eigenvalue weighted by molar-refractivity contribution is 6.23. The minimum absolute atomic E-state index is 0.463. The van der Waals surface area contributed by atoms with Crippen LogP contribution in [0.15, 0.2) is 109 Å². The van der Waals surface area contributed by atoms with Crippen LogP contribution in [-0.2, 0) is 5.41 Å². The van der Waals surface area contributed by atoms with Crippen LogP contribution < -0.4 is 4.90 Å². The number of rotatable bonds is 3. The van der Waals surface area contributed by atoms with Gasteiger partial charge >= 0.3 is 0 Å². The van der Waals surface area contributed by atoms with Gasteiger partial charge in [-0.1, -0.05) is 117 Å². The largest absolute Gasteiger partial charge is 0.329 e. The van der Waals surface area contributed by atoms with E-state index in [-0.39, 0.29) is 0 Å². The second-order valence-corrected chi connectivity index (χ2v) is 14.2. The van der Waals surface area contributed by atoms with Crippen molar-refractivity contribution in [1.29, 1.82) is 0 Å². The van der Waals surface area contributed by atoms with Gasteiger partial charge in [0.25, 0.3) is 0 Å². The first-order valence-corrected chi connectivity index (χ1v) is 17.0.